The standard InChI is InChI=1S/C33H31F3N4O4S/c34-33(35,36)24-17-26(37)29-27(18-24)39-32(45-29)40-31(44)25(22-12-10-21(11-13-22)20-4-2-1-3-5-20)16-19-6-8-23(9-7-19)30(43)38-15-14-28(41)42/h4,6-13,17-18,25H,1-3,5,14-16,37H2,(H,38,43)(H,41,42)(H,39,40,44). The number of carboxylic acids is 1. The number of rotatable bonds is 10. The quantitative estimate of drug-likeness (QED) is 0.138. The molecule has 0 fully saturated rings. The zero-order valence-corrected chi connectivity index (χ0v) is 24.9. The molecule has 1 atom stereocenters. The molecule has 1 heterocycles. The number of thiazole rings is 1. The molecule has 1 aliphatic rings. The number of aliphatic carboxylic acids is 1. The van der Waals surface area contributed by atoms with Gasteiger partial charge >= 0.3 is 12.1 Å². The molecule has 4 aromatic rings. The van der Waals surface area contributed by atoms with Crippen molar-refractivity contribution in [2.45, 2.75) is 50.6 Å². The van der Waals surface area contributed by atoms with Crippen LogP contribution >= 0.6 is 11.3 Å². The summed E-state index contributed by atoms with van der Waals surface area (Å²) in [5.74, 6) is -2.51. The number of halogens is 3. The number of fused-ring (bicyclic) bond motifs is 1. The fraction of sp³-hybridized carbons (Fsp3) is 0.273. The first-order chi connectivity index (χ1) is 21.5. The third kappa shape index (κ3) is 7.88. The second kappa shape index (κ2) is 13.5. The van der Waals surface area contributed by atoms with Crippen molar-refractivity contribution in [1.82, 2.24) is 10.3 Å². The molecule has 234 valence electrons. The Morgan fingerprint density at radius 1 is 1.02 bits per heavy atom. The lowest BCUT2D eigenvalue weighted by molar-refractivity contribution is -0.138. The minimum absolute atomic E-state index is 0.00000434. The average Bonchev–Trinajstić information content (AvgIpc) is 3.43. The van der Waals surface area contributed by atoms with E-state index < -0.39 is 35.4 Å². The van der Waals surface area contributed by atoms with E-state index in [4.69, 9.17) is 10.8 Å². The summed E-state index contributed by atoms with van der Waals surface area (Å²) in [4.78, 5) is 41.1. The van der Waals surface area contributed by atoms with E-state index >= 15 is 0 Å². The number of anilines is 2. The van der Waals surface area contributed by atoms with E-state index in [-0.39, 0.29) is 35.7 Å². The highest BCUT2D eigenvalue weighted by atomic mass is 32.1. The fourth-order valence-corrected chi connectivity index (χ4v) is 6.15. The minimum Gasteiger partial charge on any atom is -0.481 e. The lowest BCUT2D eigenvalue weighted by Crippen LogP contribution is -2.26. The smallest absolute Gasteiger partial charge is 0.416 e. The summed E-state index contributed by atoms with van der Waals surface area (Å²) in [6, 6.07) is 16.2. The molecule has 12 heteroatoms. The molecule has 1 aliphatic carbocycles. The van der Waals surface area contributed by atoms with Gasteiger partial charge < -0.3 is 21.5 Å². The number of allylic oxidation sites excluding steroid dienone is 2. The number of nitrogens with zero attached hydrogens (tertiary/aromatic N) is 1. The molecule has 1 aromatic heterocycles. The number of carbonyl (C=O) groups excluding carboxylic acids is 2. The van der Waals surface area contributed by atoms with Crippen molar-refractivity contribution >= 4 is 55.7 Å². The number of nitrogens with two attached hydrogens (primary N) is 1. The third-order valence-electron chi connectivity index (χ3n) is 7.65. The lowest BCUT2D eigenvalue weighted by Gasteiger charge is -2.18. The van der Waals surface area contributed by atoms with Crippen LogP contribution in [0.5, 0.6) is 0 Å². The average molecular weight is 637 g/mol. The molecular formula is C33H31F3N4O4S. The Morgan fingerprint density at radius 3 is 2.40 bits per heavy atom. The zero-order valence-electron chi connectivity index (χ0n) is 24.1. The highest BCUT2D eigenvalue weighted by Crippen LogP contribution is 2.38. The van der Waals surface area contributed by atoms with Gasteiger partial charge in [0.15, 0.2) is 5.13 Å². The van der Waals surface area contributed by atoms with Gasteiger partial charge in [0.1, 0.15) is 0 Å². The highest BCUT2D eigenvalue weighted by molar-refractivity contribution is 7.23. The number of aromatic nitrogens is 1. The monoisotopic (exact) mass is 636 g/mol. The molecular weight excluding hydrogens is 605 g/mol. The molecule has 5 rings (SSSR count). The number of hydrogen-bond acceptors (Lipinski definition) is 6. The Kier molecular flexibility index (Phi) is 9.52. The molecule has 5 N–H and O–H groups in total. The van der Waals surface area contributed by atoms with E-state index in [1.165, 1.54) is 12.0 Å². The molecule has 0 bridgehead atoms. The number of carbonyl (C=O) groups is 3. The summed E-state index contributed by atoms with van der Waals surface area (Å²) in [7, 11) is 0. The van der Waals surface area contributed by atoms with Gasteiger partial charge in [-0.15, -0.1) is 0 Å². The summed E-state index contributed by atoms with van der Waals surface area (Å²) in [6.45, 7) is -0.00000434. The van der Waals surface area contributed by atoms with Crippen LogP contribution < -0.4 is 16.4 Å². The highest BCUT2D eigenvalue weighted by Gasteiger charge is 2.32. The van der Waals surface area contributed by atoms with Crippen LogP contribution in [0.1, 0.15) is 70.6 Å². The van der Waals surface area contributed by atoms with Gasteiger partial charge in [0.25, 0.3) is 5.91 Å². The number of nitrogen functional groups attached to an aromatic ring is 1. The van der Waals surface area contributed by atoms with Gasteiger partial charge in [0.05, 0.1) is 33.8 Å². The van der Waals surface area contributed by atoms with Crippen molar-refractivity contribution < 1.29 is 32.7 Å². The van der Waals surface area contributed by atoms with Crippen molar-refractivity contribution in [3.8, 4) is 0 Å². The van der Waals surface area contributed by atoms with Gasteiger partial charge in [0, 0.05) is 12.1 Å². The predicted octanol–water partition coefficient (Wildman–Crippen LogP) is 7.02. The maximum absolute atomic E-state index is 13.8. The van der Waals surface area contributed by atoms with Gasteiger partial charge in [0.2, 0.25) is 5.91 Å². The Hall–Kier alpha value is -4.71. The molecule has 0 saturated carbocycles. The Balaban J connectivity index is 1.39. The molecule has 0 saturated heterocycles. The first-order valence-corrected chi connectivity index (χ1v) is 15.3. The van der Waals surface area contributed by atoms with Crippen molar-refractivity contribution in [2.75, 3.05) is 17.6 Å². The number of hydrogen-bond donors (Lipinski definition) is 4. The van der Waals surface area contributed by atoms with Crippen LogP contribution in [0, 0.1) is 0 Å². The van der Waals surface area contributed by atoms with E-state index in [9.17, 15) is 27.6 Å². The molecule has 0 aliphatic heterocycles. The molecule has 8 nitrogen and oxygen atoms in total. The predicted molar refractivity (Wildman–Crippen MR) is 168 cm³/mol. The van der Waals surface area contributed by atoms with Gasteiger partial charge in [-0.2, -0.15) is 13.2 Å². The Labute approximate surface area is 261 Å². The van der Waals surface area contributed by atoms with Crippen LogP contribution in [0.25, 0.3) is 15.8 Å². The van der Waals surface area contributed by atoms with E-state index in [0.717, 1.165) is 59.4 Å². The summed E-state index contributed by atoms with van der Waals surface area (Å²) in [5.41, 5.74) is 9.17. The number of benzene rings is 3. The van der Waals surface area contributed by atoms with Gasteiger partial charge in [-0.3, -0.25) is 14.4 Å². The van der Waals surface area contributed by atoms with E-state index in [2.05, 4.69) is 21.7 Å². The van der Waals surface area contributed by atoms with Crippen molar-refractivity contribution in [3.05, 3.63) is 94.6 Å². The summed E-state index contributed by atoms with van der Waals surface area (Å²) in [5, 5.41) is 14.3. The molecule has 0 spiro atoms. The largest absolute Gasteiger partial charge is 0.481 e. The molecule has 2 amide bonds. The SMILES string of the molecule is Nc1cc(C(F)(F)F)cc2nc(NC(=O)C(Cc3ccc(C(=O)NCCC(=O)O)cc3)c3ccc(C4=CCCCC4)cc3)sc12. The summed E-state index contributed by atoms with van der Waals surface area (Å²) in [6.07, 6.45) is 2.05. The van der Waals surface area contributed by atoms with E-state index in [1.807, 2.05) is 24.3 Å². The molecule has 3 aromatic carbocycles. The van der Waals surface area contributed by atoms with Gasteiger partial charge in [-0.1, -0.05) is 53.8 Å². The van der Waals surface area contributed by atoms with Crippen LogP contribution in [0.3, 0.4) is 0 Å². The number of alkyl halides is 3. The Morgan fingerprint density at radius 2 is 1.76 bits per heavy atom. The van der Waals surface area contributed by atoms with Crippen LogP contribution in [-0.4, -0.2) is 34.4 Å². The second-order valence-electron chi connectivity index (χ2n) is 10.9. The molecule has 45 heavy (non-hydrogen) atoms. The zero-order chi connectivity index (χ0) is 32.1. The van der Waals surface area contributed by atoms with Crippen molar-refractivity contribution in [1.29, 1.82) is 0 Å². The van der Waals surface area contributed by atoms with E-state index in [0.29, 0.717) is 10.3 Å². The maximum atomic E-state index is 13.8. The van der Waals surface area contributed by atoms with Gasteiger partial charge in [-0.05, 0) is 78.6 Å². The number of carboxylic acid groups (broad SMARTS) is 1. The topological polar surface area (TPSA) is 134 Å². The van der Waals surface area contributed by atoms with Crippen molar-refractivity contribution in [3.63, 3.8) is 0 Å². The maximum Gasteiger partial charge on any atom is 0.416 e. The fourth-order valence-electron chi connectivity index (χ4n) is 5.27. The minimum atomic E-state index is -4.59. The van der Waals surface area contributed by atoms with Gasteiger partial charge in [-0.25, -0.2) is 4.98 Å². The Bertz CT molecular complexity index is 1750. The van der Waals surface area contributed by atoms with E-state index in [1.54, 1.807) is 24.3 Å². The van der Waals surface area contributed by atoms with Crippen LogP contribution in [-0.2, 0) is 22.2 Å². The molecule has 0 radical (unpaired) electrons. The lowest BCUT2D eigenvalue weighted by atomic mass is 9.88. The van der Waals surface area contributed by atoms with Crippen LogP contribution in [0.4, 0.5) is 24.0 Å². The van der Waals surface area contributed by atoms with Crippen LogP contribution in [0.2, 0.25) is 0 Å². The second-order valence-corrected chi connectivity index (χ2v) is 11.9. The normalized spacial score (nSPS) is 14.1. The summed E-state index contributed by atoms with van der Waals surface area (Å²) >= 11 is 1.00. The van der Waals surface area contributed by atoms with Crippen molar-refractivity contribution in [2.24, 2.45) is 0 Å². The number of amides is 2. The first-order valence-electron chi connectivity index (χ1n) is 14.4. The summed E-state index contributed by atoms with van der Waals surface area (Å²) < 4.78 is 40.3. The third-order valence-corrected chi connectivity index (χ3v) is 8.68. The van der Waals surface area contributed by atoms with Crippen LogP contribution in [0.15, 0.2) is 66.7 Å². The number of nitrogens with one attached hydrogen (secondary N) is 2. The first kappa shape index (κ1) is 31.7. The molecule has 1 unspecified atom stereocenters.